The zero-order valence-corrected chi connectivity index (χ0v) is 19.5. The van der Waals surface area contributed by atoms with Crippen molar-refractivity contribution >= 4 is 28.4 Å². The Labute approximate surface area is 198 Å². The van der Waals surface area contributed by atoms with E-state index in [9.17, 15) is 9.59 Å². The van der Waals surface area contributed by atoms with Gasteiger partial charge in [0.05, 0.1) is 10.9 Å². The molecule has 7 heteroatoms. The van der Waals surface area contributed by atoms with Gasteiger partial charge in [-0.3, -0.25) is 19.1 Å². The number of benzene rings is 2. The van der Waals surface area contributed by atoms with Crippen LogP contribution in [0.15, 0.2) is 53.3 Å². The fourth-order valence-electron chi connectivity index (χ4n) is 4.68. The van der Waals surface area contributed by atoms with Gasteiger partial charge in [-0.2, -0.15) is 0 Å². The number of nitrogens with zero attached hydrogens (tertiary/aromatic N) is 4. The molecule has 1 aliphatic carbocycles. The molecule has 0 N–H and O–H groups in total. The average Bonchev–Trinajstić information content (AvgIpc) is 3.67. The Balaban J connectivity index is 1.22. The number of rotatable bonds is 6. The summed E-state index contributed by atoms with van der Waals surface area (Å²) < 4.78 is 1.84. The molecular formula is C26H29ClN4O2. The molecule has 2 fully saturated rings. The van der Waals surface area contributed by atoms with Gasteiger partial charge in [0.2, 0.25) is 5.91 Å². The molecule has 1 saturated carbocycles. The Bertz CT molecular complexity index is 1200. The maximum absolute atomic E-state index is 13.0. The number of hydrogen-bond acceptors (Lipinski definition) is 4. The van der Waals surface area contributed by atoms with Gasteiger partial charge in [0.15, 0.2) is 0 Å². The highest BCUT2D eigenvalue weighted by Crippen LogP contribution is 2.35. The lowest BCUT2D eigenvalue weighted by Crippen LogP contribution is -2.35. The molecule has 33 heavy (non-hydrogen) atoms. The summed E-state index contributed by atoms with van der Waals surface area (Å²) in [6, 6.07) is 15.7. The Morgan fingerprint density at radius 2 is 1.79 bits per heavy atom. The highest BCUT2D eigenvalue weighted by atomic mass is 35.5. The smallest absolute Gasteiger partial charge is 0.261 e. The molecule has 6 nitrogen and oxygen atoms in total. The number of amides is 1. The van der Waals surface area contributed by atoms with E-state index in [1.54, 1.807) is 0 Å². The quantitative estimate of drug-likeness (QED) is 0.552. The Morgan fingerprint density at radius 3 is 2.58 bits per heavy atom. The second-order valence-electron chi connectivity index (χ2n) is 9.09. The predicted octanol–water partition coefficient (Wildman–Crippen LogP) is 4.05. The highest BCUT2D eigenvalue weighted by Gasteiger charge is 2.29. The molecule has 2 aliphatic rings. The minimum atomic E-state index is 0.0261. The summed E-state index contributed by atoms with van der Waals surface area (Å²) >= 11 is 6.00. The van der Waals surface area contributed by atoms with E-state index in [4.69, 9.17) is 16.6 Å². The van der Waals surface area contributed by atoms with Crippen molar-refractivity contribution in [1.82, 2.24) is 19.4 Å². The van der Waals surface area contributed by atoms with E-state index in [1.165, 1.54) is 5.56 Å². The van der Waals surface area contributed by atoms with Gasteiger partial charge in [0.1, 0.15) is 5.82 Å². The SMILES string of the molecule is O=C(CCc1nc2ccccc2c(=O)n1C1CC1)N1CCCN(Cc2ccc(Cl)cc2)CC1. The number of fused-ring (bicyclic) bond motifs is 1. The largest absolute Gasteiger partial charge is 0.341 e. The first kappa shape index (κ1) is 22.1. The topological polar surface area (TPSA) is 58.4 Å². The van der Waals surface area contributed by atoms with Gasteiger partial charge in [-0.25, -0.2) is 4.98 Å². The van der Waals surface area contributed by atoms with Crippen LogP contribution in [0.25, 0.3) is 10.9 Å². The van der Waals surface area contributed by atoms with Crippen LogP contribution in [-0.4, -0.2) is 51.4 Å². The molecule has 0 spiro atoms. The van der Waals surface area contributed by atoms with Crippen LogP contribution in [0, 0.1) is 0 Å². The third-order valence-electron chi connectivity index (χ3n) is 6.62. The lowest BCUT2D eigenvalue weighted by molar-refractivity contribution is -0.131. The van der Waals surface area contributed by atoms with Gasteiger partial charge in [0.25, 0.3) is 5.56 Å². The zero-order chi connectivity index (χ0) is 22.8. The molecule has 1 amide bonds. The van der Waals surface area contributed by atoms with E-state index in [0.29, 0.717) is 18.2 Å². The van der Waals surface area contributed by atoms with E-state index in [0.717, 1.165) is 68.3 Å². The van der Waals surface area contributed by atoms with Crippen LogP contribution >= 0.6 is 11.6 Å². The summed E-state index contributed by atoms with van der Waals surface area (Å²) in [4.78, 5) is 35.2. The normalized spacial score (nSPS) is 17.3. The van der Waals surface area contributed by atoms with E-state index >= 15 is 0 Å². The Kier molecular flexibility index (Phi) is 6.47. The van der Waals surface area contributed by atoms with E-state index in [2.05, 4.69) is 17.0 Å². The van der Waals surface area contributed by atoms with Gasteiger partial charge in [-0.1, -0.05) is 35.9 Å². The molecule has 0 bridgehead atoms. The second-order valence-corrected chi connectivity index (χ2v) is 9.52. The molecule has 0 atom stereocenters. The molecule has 2 aromatic carbocycles. The molecular weight excluding hydrogens is 436 g/mol. The molecule has 172 valence electrons. The fraction of sp³-hybridized carbons (Fsp3) is 0.423. The summed E-state index contributed by atoms with van der Waals surface area (Å²) in [6.45, 7) is 4.20. The third-order valence-corrected chi connectivity index (χ3v) is 6.87. The summed E-state index contributed by atoms with van der Waals surface area (Å²) in [5.41, 5.74) is 1.98. The van der Waals surface area contributed by atoms with Crippen molar-refractivity contribution in [1.29, 1.82) is 0 Å². The first-order chi connectivity index (χ1) is 16.1. The van der Waals surface area contributed by atoms with Crippen LogP contribution in [0.1, 0.15) is 43.1 Å². The van der Waals surface area contributed by atoms with E-state index in [-0.39, 0.29) is 17.5 Å². The summed E-state index contributed by atoms with van der Waals surface area (Å²) in [7, 11) is 0. The monoisotopic (exact) mass is 464 g/mol. The van der Waals surface area contributed by atoms with Gasteiger partial charge < -0.3 is 4.90 Å². The van der Waals surface area contributed by atoms with Crippen LogP contribution < -0.4 is 5.56 Å². The average molecular weight is 465 g/mol. The molecule has 1 aromatic heterocycles. The first-order valence-corrected chi connectivity index (χ1v) is 12.2. The van der Waals surface area contributed by atoms with Crippen molar-refractivity contribution in [3.05, 3.63) is 75.3 Å². The number of carbonyl (C=O) groups excluding carboxylic acids is 1. The minimum Gasteiger partial charge on any atom is -0.341 e. The fourth-order valence-corrected chi connectivity index (χ4v) is 4.81. The number of para-hydroxylation sites is 1. The predicted molar refractivity (Wildman–Crippen MR) is 131 cm³/mol. The number of halogens is 1. The number of aromatic nitrogens is 2. The number of hydrogen-bond donors (Lipinski definition) is 0. The molecule has 1 saturated heterocycles. The van der Waals surface area contributed by atoms with Crippen LogP contribution in [0.3, 0.4) is 0 Å². The maximum atomic E-state index is 13.0. The number of carbonyl (C=O) groups is 1. The van der Waals surface area contributed by atoms with E-state index in [1.807, 2.05) is 45.9 Å². The molecule has 0 radical (unpaired) electrons. The molecule has 0 unspecified atom stereocenters. The standard InChI is InChI=1S/C26H29ClN4O2/c27-20-8-6-19(7-9-20)18-29-14-3-15-30(17-16-29)25(32)13-12-24-28-23-5-2-1-4-22(23)26(33)31(24)21-10-11-21/h1-2,4-9,21H,3,10-18H2. The van der Waals surface area contributed by atoms with Gasteiger partial charge in [-0.15, -0.1) is 0 Å². The van der Waals surface area contributed by atoms with Crippen molar-refractivity contribution < 1.29 is 4.79 Å². The summed E-state index contributed by atoms with van der Waals surface area (Å²) in [5, 5.41) is 1.41. The van der Waals surface area contributed by atoms with Crippen molar-refractivity contribution in [3.63, 3.8) is 0 Å². The lowest BCUT2D eigenvalue weighted by atomic mass is 10.2. The van der Waals surface area contributed by atoms with Crippen LogP contribution in [0.4, 0.5) is 0 Å². The van der Waals surface area contributed by atoms with Crippen LogP contribution in [0.2, 0.25) is 5.02 Å². The molecule has 2 heterocycles. The molecule has 1 aliphatic heterocycles. The van der Waals surface area contributed by atoms with Crippen LogP contribution in [-0.2, 0) is 17.8 Å². The summed E-state index contributed by atoms with van der Waals surface area (Å²) in [6.07, 6.45) is 3.86. The van der Waals surface area contributed by atoms with Crippen molar-refractivity contribution in [3.8, 4) is 0 Å². The molecule has 5 rings (SSSR count). The Hall–Kier alpha value is -2.70. The van der Waals surface area contributed by atoms with Crippen molar-refractivity contribution in [2.75, 3.05) is 26.2 Å². The molecule has 3 aromatic rings. The Morgan fingerprint density at radius 1 is 1.00 bits per heavy atom. The van der Waals surface area contributed by atoms with Gasteiger partial charge in [0, 0.05) is 56.6 Å². The maximum Gasteiger partial charge on any atom is 0.261 e. The van der Waals surface area contributed by atoms with Gasteiger partial charge >= 0.3 is 0 Å². The van der Waals surface area contributed by atoms with Crippen LogP contribution in [0.5, 0.6) is 0 Å². The number of aryl methyl sites for hydroxylation is 1. The summed E-state index contributed by atoms with van der Waals surface area (Å²) in [5.74, 6) is 0.891. The second kappa shape index (κ2) is 9.65. The van der Waals surface area contributed by atoms with Gasteiger partial charge in [-0.05, 0) is 49.1 Å². The highest BCUT2D eigenvalue weighted by molar-refractivity contribution is 6.30. The lowest BCUT2D eigenvalue weighted by Gasteiger charge is -2.22. The van der Waals surface area contributed by atoms with Crippen molar-refractivity contribution in [2.24, 2.45) is 0 Å². The zero-order valence-electron chi connectivity index (χ0n) is 18.8. The third kappa shape index (κ3) is 5.12. The van der Waals surface area contributed by atoms with E-state index < -0.39 is 0 Å². The first-order valence-electron chi connectivity index (χ1n) is 11.8. The van der Waals surface area contributed by atoms with Crippen molar-refractivity contribution in [2.45, 2.75) is 44.7 Å². The minimum absolute atomic E-state index is 0.0261.